The fourth-order valence-electron chi connectivity index (χ4n) is 2.09. The molecule has 5 heteroatoms. The maximum absolute atomic E-state index is 3.48. The summed E-state index contributed by atoms with van der Waals surface area (Å²) in [4.78, 5) is 0. The molecule has 0 N–H and O–H groups in total. The number of allylic oxidation sites excluding steroid dienone is 4. The van der Waals surface area contributed by atoms with Crippen molar-refractivity contribution in [2.75, 3.05) is 19.5 Å². The predicted molar refractivity (Wildman–Crippen MR) is 104 cm³/mol. The van der Waals surface area contributed by atoms with Crippen LogP contribution in [-0.2, 0) is 26.2 Å². The van der Waals surface area contributed by atoms with E-state index in [2.05, 4.69) is 61.9 Å². The Labute approximate surface area is 175 Å². The summed E-state index contributed by atoms with van der Waals surface area (Å²) in [5, 5.41) is 0. The largest absolute Gasteiger partial charge is 0.269 e. The summed E-state index contributed by atoms with van der Waals surface area (Å²) >= 11 is 0. The maximum Gasteiger partial charge on any atom is 0 e. The molecular weight excluding hydrogens is 542 g/mol. The van der Waals surface area contributed by atoms with E-state index in [9.17, 15) is 0 Å². The van der Waals surface area contributed by atoms with Gasteiger partial charge in [0.25, 0.3) is 0 Å². The molecule has 0 heterocycles. The van der Waals surface area contributed by atoms with Gasteiger partial charge in [-0.1, -0.05) is 30.3 Å². The summed E-state index contributed by atoms with van der Waals surface area (Å²) in [6.45, 7) is 4.70. The summed E-state index contributed by atoms with van der Waals surface area (Å²) in [5.41, 5.74) is 2.83. The molecule has 0 bridgehead atoms. The van der Waals surface area contributed by atoms with Gasteiger partial charge in [-0.15, -0.1) is 65.3 Å². The molecule has 1 aromatic rings. The van der Waals surface area contributed by atoms with Crippen molar-refractivity contribution in [2.45, 2.75) is 12.3 Å². The van der Waals surface area contributed by atoms with E-state index in [1.54, 1.807) is 0 Å². The van der Waals surface area contributed by atoms with Crippen LogP contribution in [0.15, 0.2) is 48.1 Å². The van der Waals surface area contributed by atoms with Gasteiger partial charge in [0.1, 0.15) is 0 Å². The second-order valence-corrected chi connectivity index (χ2v) is 6.99. The van der Waals surface area contributed by atoms with E-state index in [0.717, 1.165) is 6.42 Å². The molecule has 0 aromatic heterocycles. The van der Waals surface area contributed by atoms with Crippen LogP contribution in [0.5, 0.6) is 0 Å². The molecule has 0 nitrogen and oxygen atoms in total. The predicted octanol–water partition coefficient (Wildman–Crippen LogP) is 5.93. The molecule has 1 atom stereocenters. The second kappa shape index (κ2) is 14.1. The van der Waals surface area contributed by atoms with Crippen LogP contribution < -0.4 is 0 Å². The molecule has 0 fully saturated rings. The van der Waals surface area contributed by atoms with E-state index in [1.165, 1.54) is 17.3 Å². The first-order valence-corrected chi connectivity index (χ1v) is 8.16. The number of hydrogen-bond acceptors (Lipinski definition) is 0. The Morgan fingerprint density at radius 3 is 2.15 bits per heavy atom. The first-order valence-electron chi connectivity index (χ1n) is 5.74. The quantitative estimate of drug-likeness (QED) is 0.315. The zero-order chi connectivity index (χ0) is 11.4. The van der Waals surface area contributed by atoms with Crippen molar-refractivity contribution in [3.63, 3.8) is 0 Å². The van der Waals surface area contributed by atoms with Crippen LogP contribution in [0.25, 0.3) is 0 Å². The van der Waals surface area contributed by atoms with Gasteiger partial charge < -0.3 is 0 Å². The van der Waals surface area contributed by atoms with E-state index in [-0.39, 0.29) is 85.1 Å². The fraction of sp³-hybridized carbons (Fsp3) is 0.333. The maximum atomic E-state index is 3.48. The van der Waals surface area contributed by atoms with Gasteiger partial charge in [-0.05, 0) is 31.0 Å². The topological polar surface area (TPSA) is 0 Å². The van der Waals surface area contributed by atoms with Gasteiger partial charge in [-0.3, -0.25) is 6.08 Å². The van der Waals surface area contributed by atoms with Crippen LogP contribution >= 0.6 is 58.9 Å². The van der Waals surface area contributed by atoms with E-state index in [0.29, 0.717) is 5.92 Å². The molecule has 0 saturated heterocycles. The zero-order valence-corrected chi connectivity index (χ0v) is 20.2. The first-order chi connectivity index (χ1) is 7.77. The number of benzene rings is 1. The van der Waals surface area contributed by atoms with Crippen LogP contribution in [0.1, 0.15) is 17.9 Å². The van der Waals surface area contributed by atoms with E-state index in [4.69, 9.17) is 0 Å². The fourth-order valence-corrected chi connectivity index (χ4v) is 3.23. The molecule has 0 aliphatic heterocycles. The minimum atomic E-state index is 0. The molecule has 1 aliphatic carbocycles. The normalized spacial score (nSPS) is 13.2. The van der Waals surface area contributed by atoms with Gasteiger partial charge in [0.2, 0.25) is 0 Å². The molecular formula is C15H21Br3PZr-. The van der Waals surface area contributed by atoms with Crippen molar-refractivity contribution in [2.24, 2.45) is 0 Å². The van der Waals surface area contributed by atoms with Crippen LogP contribution in [0.2, 0.25) is 0 Å². The molecule has 2 rings (SSSR count). The van der Waals surface area contributed by atoms with Gasteiger partial charge in [-0.25, -0.2) is 11.6 Å². The summed E-state index contributed by atoms with van der Waals surface area (Å²) in [7, 11) is 0.126. The SMILES string of the molecule is Br.Br.Br.CP(C)CC(C1=[C-]CC=C1)c1ccccc1.[Zr]. The summed E-state index contributed by atoms with van der Waals surface area (Å²) in [5.74, 6) is 0.557. The Bertz CT molecular complexity index is 405. The van der Waals surface area contributed by atoms with Crippen molar-refractivity contribution in [1.29, 1.82) is 0 Å². The average molecular weight is 563 g/mol. The van der Waals surface area contributed by atoms with Crippen LogP contribution in [0.3, 0.4) is 0 Å². The van der Waals surface area contributed by atoms with Crippen LogP contribution in [-0.4, -0.2) is 19.5 Å². The third-order valence-electron chi connectivity index (χ3n) is 2.85. The van der Waals surface area contributed by atoms with E-state index >= 15 is 0 Å². The Balaban J connectivity index is -0.000000722. The van der Waals surface area contributed by atoms with Crippen molar-refractivity contribution >= 4 is 58.9 Å². The molecule has 0 amide bonds. The van der Waals surface area contributed by atoms with Gasteiger partial charge in [0.05, 0.1) is 0 Å². The summed E-state index contributed by atoms with van der Waals surface area (Å²) < 4.78 is 0. The average Bonchev–Trinajstić information content (AvgIpc) is 2.80. The van der Waals surface area contributed by atoms with Gasteiger partial charge >= 0.3 is 0 Å². The minimum Gasteiger partial charge on any atom is -0.269 e. The van der Waals surface area contributed by atoms with Gasteiger partial charge in [0, 0.05) is 26.2 Å². The molecule has 1 unspecified atom stereocenters. The number of hydrogen-bond donors (Lipinski definition) is 0. The van der Waals surface area contributed by atoms with E-state index < -0.39 is 0 Å². The minimum absolute atomic E-state index is 0. The molecule has 0 spiro atoms. The summed E-state index contributed by atoms with van der Waals surface area (Å²) in [6.07, 6.45) is 10.2. The van der Waals surface area contributed by atoms with Crippen molar-refractivity contribution < 1.29 is 26.2 Å². The third-order valence-corrected chi connectivity index (χ3v) is 3.94. The molecule has 0 saturated carbocycles. The molecule has 1 aromatic carbocycles. The monoisotopic (exact) mass is 559 g/mol. The van der Waals surface area contributed by atoms with E-state index in [1.807, 2.05) is 0 Å². The van der Waals surface area contributed by atoms with Gasteiger partial charge in [0.15, 0.2) is 0 Å². The van der Waals surface area contributed by atoms with Crippen LogP contribution in [0.4, 0.5) is 0 Å². The van der Waals surface area contributed by atoms with Crippen molar-refractivity contribution in [1.82, 2.24) is 0 Å². The Morgan fingerprint density at radius 1 is 1.10 bits per heavy atom. The van der Waals surface area contributed by atoms with Gasteiger partial charge in [-0.2, -0.15) is 6.08 Å². The smallest absolute Gasteiger partial charge is 0 e. The summed E-state index contributed by atoms with van der Waals surface area (Å²) in [6, 6.07) is 10.8. The Hall–Kier alpha value is 1.45. The zero-order valence-electron chi connectivity index (χ0n) is 11.7. The number of halogens is 3. The molecule has 1 aliphatic rings. The third kappa shape index (κ3) is 8.18. The second-order valence-electron chi connectivity index (χ2n) is 4.46. The van der Waals surface area contributed by atoms with Crippen molar-refractivity contribution in [3.05, 3.63) is 59.7 Å². The Morgan fingerprint density at radius 2 is 1.70 bits per heavy atom. The first kappa shape index (κ1) is 26.4. The Kier molecular flexibility index (Phi) is 18.5. The number of rotatable bonds is 4. The standard InChI is InChI=1S/C15H18P.3BrH.Zr/c1-16(2)12-15(14-10-6-7-11-14)13-8-4-3-5-9-13;;;;/h3-6,8-10,15H,7,12H2,1-2H3;3*1H;/q-1;;;;. The molecule has 0 radical (unpaired) electrons. The molecule has 20 heavy (non-hydrogen) atoms. The molecule has 112 valence electrons. The van der Waals surface area contributed by atoms with Crippen molar-refractivity contribution in [3.8, 4) is 0 Å². The van der Waals surface area contributed by atoms with Crippen LogP contribution in [0, 0.1) is 6.08 Å².